The summed E-state index contributed by atoms with van der Waals surface area (Å²) >= 11 is 8.46. The van der Waals surface area contributed by atoms with E-state index in [0.717, 1.165) is 0 Å². The number of hydrogen-bond acceptors (Lipinski definition) is 2. The van der Waals surface area contributed by atoms with E-state index in [-0.39, 0.29) is 0 Å². The van der Waals surface area contributed by atoms with Crippen LogP contribution >= 0.6 is 24.8 Å². The number of nitrogens with two attached hydrogens (primary N) is 1. The Morgan fingerprint density at radius 2 is 1.69 bits per heavy atom. The molecule has 0 aromatic rings. The predicted molar refractivity (Wildman–Crippen MR) is 66.3 cm³/mol. The van der Waals surface area contributed by atoms with Gasteiger partial charge in [0.25, 0.3) is 0 Å². The zero-order valence-electron chi connectivity index (χ0n) is 8.49. The van der Waals surface area contributed by atoms with E-state index in [1.807, 2.05) is 14.1 Å². The Labute approximate surface area is 92.3 Å². The molecule has 0 amide bonds. The van der Waals surface area contributed by atoms with Crippen molar-refractivity contribution in [3.8, 4) is 0 Å². The first-order valence-electron chi connectivity index (χ1n) is 4.70. The molecule has 0 aromatic carbocycles. The van der Waals surface area contributed by atoms with Gasteiger partial charge in [-0.3, -0.25) is 0 Å². The summed E-state index contributed by atoms with van der Waals surface area (Å²) in [6.07, 6.45) is 6.66. The van der Waals surface area contributed by atoms with E-state index in [1.165, 1.54) is 32.1 Å². The molecule has 2 N–H and O–H groups in total. The SMILES string of the molecule is CN(C)C(=S)S.NC1CCCCC1. The normalized spacial score (nSPS) is 17.2. The van der Waals surface area contributed by atoms with Crippen molar-refractivity contribution in [1.29, 1.82) is 0 Å². The molecule has 2 nitrogen and oxygen atoms in total. The second-order valence-electron chi connectivity index (χ2n) is 3.58. The molecule has 0 heterocycles. The van der Waals surface area contributed by atoms with E-state index >= 15 is 0 Å². The van der Waals surface area contributed by atoms with Crippen LogP contribution in [0, 0.1) is 0 Å². The number of thiol groups is 1. The number of thiocarbonyl (C=S) groups is 1. The van der Waals surface area contributed by atoms with Crippen LogP contribution in [0.25, 0.3) is 0 Å². The van der Waals surface area contributed by atoms with Gasteiger partial charge in [-0.05, 0) is 12.8 Å². The van der Waals surface area contributed by atoms with E-state index in [0.29, 0.717) is 10.4 Å². The quantitative estimate of drug-likeness (QED) is 0.483. The Bertz CT molecular complexity index is 143. The zero-order valence-corrected chi connectivity index (χ0v) is 10.2. The van der Waals surface area contributed by atoms with E-state index < -0.39 is 0 Å². The monoisotopic (exact) mass is 220 g/mol. The number of rotatable bonds is 0. The molecule has 1 rings (SSSR count). The molecular formula is C9H20N2S2. The van der Waals surface area contributed by atoms with Crippen molar-refractivity contribution in [3.63, 3.8) is 0 Å². The highest BCUT2D eigenvalue weighted by atomic mass is 32.1. The Kier molecular flexibility index (Phi) is 7.71. The summed E-state index contributed by atoms with van der Waals surface area (Å²) in [6.45, 7) is 0. The molecule has 0 radical (unpaired) electrons. The smallest absolute Gasteiger partial charge is 0.132 e. The average molecular weight is 220 g/mol. The van der Waals surface area contributed by atoms with Crippen LogP contribution < -0.4 is 5.73 Å². The van der Waals surface area contributed by atoms with Gasteiger partial charge in [-0.2, -0.15) is 0 Å². The molecule has 78 valence electrons. The lowest BCUT2D eigenvalue weighted by Gasteiger charge is -2.15. The third-order valence-corrected chi connectivity index (χ3v) is 2.80. The maximum atomic E-state index is 5.63. The van der Waals surface area contributed by atoms with E-state index in [4.69, 9.17) is 5.73 Å². The van der Waals surface area contributed by atoms with Crippen LogP contribution in [-0.4, -0.2) is 29.4 Å². The summed E-state index contributed by atoms with van der Waals surface area (Å²) in [6, 6.07) is 0.536. The van der Waals surface area contributed by atoms with Crippen LogP contribution in [0.15, 0.2) is 0 Å². The molecular weight excluding hydrogens is 200 g/mol. The first-order chi connectivity index (χ1) is 6.04. The molecule has 0 aromatic heterocycles. The van der Waals surface area contributed by atoms with Gasteiger partial charge in [0.15, 0.2) is 0 Å². The summed E-state index contributed by atoms with van der Waals surface area (Å²) in [5.41, 5.74) is 5.63. The summed E-state index contributed by atoms with van der Waals surface area (Å²) < 4.78 is 0.620. The molecule has 1 saturated carbocycles. The highest BCUT2D eigenvalue weighted by Crippen LogP contribution is 2.14. The maximum absolute atomic E-state index is 5.63. The van der Waals surface area contributed by atoms with Crippen molar-refractivity contribution < 1.29 is 0 Å². The molecule has 0 bridgehead atoms. The van der Waals surface area contributed by atoms with Crippen molar-refractivity contribution in [2.45, 2.75) is 38.1 Å². The van der Waals surface area contributed by atoms with Crippen LogP contribution in [-0.2, 0) is 0 Å². The van der Waals surface area contributed by atoms with Gasteiger partial charge < -0.3 is 10.6 Å². The van der Waals surface area contributed by atoms with Crippen molar-refractivity contribution in [2.24, 2.45) is 5.73 Å². The lowest BCUT2D eigenvalue weighted by atomic mass is 9.97. The molecule has 0 atom stereocenters. The van der Waals surface area contributed by atoms with Gasteiger partial charge in [-0.25, -0.2) is 0 Å². The van der Waals surface area contributed by atoms with Gasteiger partial charge in [-0.15, -0.1) is 12.6 Å². The molecule has 1 aliphatic carbocycles. The fourth-order valence-corrected chi connectivity index (χ4v) is 1.13. The van der Waals surface area contributed by atoms with Crippen LogP contribution in [0.1, 0.15) is 32.1 Å². The zero-order chi connectivity index (χ0) is 10.3. The van der Waals surface area contributed by atoms with Gasteiger partial charge in [0, 0.05) is 20.1 Å². The van der Waals surface area contributed by atoms with Crippen molar-refractivity contribution in [3.05, 3.63) is 0 Å². The summed E-state index contributed by atoms with van der Waals surface area (Å²) in [5.74, 6) is 0. The molecule has 0 saturated heterocycles. The average Bonchev–Trinajstić information content (AvgIpc) is 2.06. The van der Waals surface area contributed by atoms with Crippen molar-refractivity contribution >= 4 is 29.2 Å². The third kappa shape index (κ3) is 8.53. The summed E-state index contributed by atoms with van der Waals surface area (Å²) in [7, 11) is 3.71. The summed E-state index contributed by atoms with van der Waals surface area (Å²) in [4.78, 5) is 1.76. The fraction of sp³-hybridized carbons (Fsp3) is 0.889. The molecule has 13 heavy (non-hydrogen) atoms. The minimum atomic E-state index is 0.536. The highest BCUT2D eigenvalue weighted by molar-refractivity contribution is 8.10. The molecule has 0 spiro atoms. The van der Waals surface area contributed by atoms with Crippen molar-refractivity contribution in [2.75, 3.05) is 14.1 Å². The molecule has 1 fully saturated rings. The van der Waals surface area contributed by atoms with E-state index in [1.54, 1.807) is 4.90 Å². The lowest BCUT2D eigenvalue weighted by molar-refractivity contribution is 0.441. The molecule has 0 aliphatic heterocycles. The molecule has 4 heteroatoms. The second-order valence-corrected chi connectivity index (χ2v) is 4.69. The predicted octanol–water partition coefficient (Wildman–Crippen LogP) is 2.04. The number of hydrogen-bond donors (Lipinski definition) is 2. The minimum Gasteiger partial charge on any atom is -0.364 e. The second kappa shape index (κ2) is 7.59. The van der Waals surface area contributed by atoms with Gasteiger partial charge in [0.05, 0.1) is 0 Å². The maximum Gasteiger partial charge on any atom is 0.132 e. The molecule has 1 aliphatic rings. The Morgan fingerprint density at radius 3 is 1.85 bits per heavy atom. The standard InChI is InChI=1S/C6H13N.C3H7NS2/c7-6-4-2-1-3-5-6;1-4(2)3(5)6/h6H,1-5,7H2;1-2H3,(H,5,6). The van der Waals surface area contributed by atoms with E-state index in [9.17, 15) is 0 Å². The topological polar surface area (TPSA) is 29.3 Å². The lowest BCUT2D eigenvalue weighted by Crippen LogP contribution is -2.22. The number of nitrogens with zero attached hydrogens (tertiary/aromatic N) is 1. The van der Waals surface area contributed by atoms with Crippen LogP contribution in [0.5, 0.6) is 0 Å². The summed E-state index contributed by atoms with van der Waals surface area (Å²) in [5, 5.41) is 0. The Balaban J connectivity index is 0.000000226. The van der Waals surface area contributed by atoms with Crippen LogP contribution in [0.3, 0.4) is 0 Å². The first kappa shape index (κ1) is 13.2. The highest BCUT2D eigenvalue weighted by Gasteiger charge is 2.06. The van der Waals surface area contributed by atoms with Crippen LogP contribution in [0.4, 0.5) is 0 Å². The van der Waals surface area contributed by atoms with E-state index in [2.05, 4.69) is 24.8 Å². The van der Waals surface area contributed by atoms with Crippen LogP contribution in [0.2, 0.25) is 0 Å². The molecule has 0 unspecified atom stereocenters. The van der Waals surface area contributed by atoms with Gasteiger partial charge in [0.2, 0.25) is 0 Å². The van der Waals surface area contributed by atoms with Crippen molar-refractivity contribution in [1.82, 2.24) is 4.90 Å². The Hall–Kier alpha value is 0.200. The van der Waals surface area contributed by atoms with Gasteiger partial charge >= 0.3 is 0 Å². The first-order valence-corrected chi connectivity index (χ1v) is 5.55. The minimum absolute atomic E-state index is 0.536. The third-order valence-electron chi connectivity index (χ3n) is 2.03. The largest absolute Gasteiger partial charge is 0.364 e. The Morgan fingerprint density at radius 1 is 1.31 bits per heavy atom. The fourth-order valence-electron chi connectivity index (χ4n) is 1.13. The van der Waals surface area contributed by atoms with Gasteiger partial charge in [0.1, 0.15) is 4.32 Å². The van der Waals surface area contributed by atoms with Gasteiger partial charge in [-0.1, -0.05) is 31.5 Å².